The average molecular weight is 311 g/mol. The maximum atomic E-state index is 6.11. The molecular formula is C15H19ClN2OS. The maximum absolute atomic E-state index is 6.11. The Morgan fingerprint density at radius 2 is 2.10 bits per heavy atom. The van der Waals surface area contributed by atoms with E-state index in [2.05, 4.69) is 11.4 Å². The summed E-state index contributed by atoms with van der Waals surface area (Å²) in [6, 6.07) is 9.77. The van der Waals surface area contributed by atoms with Gasteiger partial charge in [0, 0.05) is 11.4 Å². The molecule has 2 rings (SSSR count). The Hall–Kier alpha value is -1.39. The summed E-state index contributed by atoms with van der Waals surface area (Å²) < 4.78 is 6.50. The van der Waals surface area contributed by atoms with Crippen LogP contribution in [0.15, 0.2) is 30.3 Å². The highest BCUT2D eigenvalue weighted by molar-refractivity contribution is 7.16. The molecule has 3 N–H and O–H groups in total. The molecule has 1 aromatic heterocycles. The lowest BCUT2D eigenvalue weighted by Crippen LogP contribution is -2.10. The van der Waals surface area contributed by atoms with Crippen LogP contribution in [0.1, 0.15) is 18.7 Å². The van der Waals surface area contributed by atoms with Crippen molar-refractivity contribution in [2.45, 2.75) is 26.4 Å². The summed E-state index contributed by atoms with van der Waals surface area (Å²) in [4.78, 5) is 1.26. The van der Waals surface area contributed by atoms with Crippen molar-refractivity contribution in [1.29, 1.82) is 0 Å². The molecule has 3 nitrogen and oxygen atoms in total. The molecule has 0 aliphatic heterocycles. The predicted octanol–water partition coefficient (Wildman–Crippen LogP) is 4.43. The van der Waals surface area contributed by atoms with E-state index in [1.54, 1.807) is 11.3 Å². The number of hydrogen-bond acceptors (Lipinski definition) is 4. The van der Waals surface area contributed by atoms with Crippen LogP contribution in [0.5, 0.6) is 5.75 Å². The van der Waals surface area contributed by atoms with Crippen LogP contribution in [0.4, 0.5) is 11.4 Å². The molecule has 0 amide bonds. The molecule has 0 saturated carbocycles. The van der Waals surface area contributed by atoms with E-state index in [1.165, 1.54) is 4.88 Å². The van der Waals surface area contributed by atoms with Crippen LogP contribution in [0.3, 0.4) is 0 Å². The molecule has 0 radical (unpaired) electrons. The van der Waals surface area contributed by atoms with Crippen molar-refractivity contribution < 1.29 is 4.74 Å². The minimum atomic E-state index is 0.112. The largest absolute Gasteiger partial charge is 0.489 e. The molecule has 20 heavy (non-hydrogen) atoms. The third kappa shape index (κ3) is 4.05. The predicted molar refractivity (Wildman–Crippen MR) is 88.1 cm³/mol. The van der Waals surface area contributed by atoms with Crippen LogP contribution in [-0.2, 0) is 6.42 Å². The van der Waals surface area contributed by atoms with E-state index in [1.807, 2.05) is 38.1 Å². The Bertz CT molecular complexity index is 569. The molecule has 5 heteroatoms. The van der Waals surface area contributed by atoms with Gasteiger partial charge in [-0.2, -0.15) is 0 Å². The fraction of sp³-hybridized carbons (Fsp3) is 0.333. The van der Waals surface area contributed by atoms with Gasteiger partial charge >= 0.3 is 0 Å². The van der Waals surface area contributed by atoms with Gasteiger partial charge in [0.2, 0.25) is 0 Å². The first kappa shape index (κ1) is 15.0. The number of benzene rings is 1. The summed E-state index contributed by atoms with van der Waals surface area (Å²) in [5.41, 5.74) is 7.68. The van der Waals surface area contributed by atoms with Crippen LogP contribution in [0, 0.1) is 0 Å². The summed E-state index contributed by atoms with van der Waals surface area (Å²) in [6.07, 6.45) is 1.03. The summed E-state index contributed by atoms with van der Waals surface area (Å²) in [5, 5.41) is 3.34. The molecular weight excluding hydrogens is 292 g/mol. The van der Waals surface area contributed by atoms with E-state index in [9.17, 15) is 0 Å². The van der Waals surface area contributed by atoms with Crippen molar-refractivity contribution in [2.24, 2.45) is 0 Å². The Morgan fingerprint density at radius 1 is 1.30 bits per heavy atom. The number of thiophene rings is 1. The van der Waals surface area contributed by atoms with Gasteiger partial charge in [0.15, 0.2) is 0 Å². The van der Waals surface area contributed by atoms with Crippen molar-refractivity contribution in [3.8, 4) is 5.75 Å². The summed E-state index contributed by atoms with van der Waals surface area (Å²) in [7, 11) is 0. The normalized spacial score (nSPS) is 10.8. The number of anilines is 2. The van der Waals surface area contributed by atoms with Crippen LogP contribution < -0.4 is 15.8 Å². The lowest BCUT2D eigenvalue weighted by Gasteiger charge is -2.15. The Balaban J connectivity index is 1.95. The van der Waals surface area contributed by atoms with Crippen LogP contribution >= 0.6 is 22.9 Å². The maximum Gasteiger partial charge on any atom is 0.144 e. The van der Waals surface area contributed by atoms with Gasteiger partial charge in [0.1, 0.15) is 5.75 Å². The molecule has 0 unspecified atom stereocenters. The molecule has 1 heterocycles. The van der Waals surface area contributed by atoms with Gasteiger partial charge in [0.05, 0.1) is 21.8 Å². The molecule has 108 valence electrons. The number of nitrogens with two attached hydrogens (primary N) is 1. The highest BCUT2D eigenvalue weighted by Crippen LogP contribution is 2.30. The molecule has 0 bridgehead atoms. The number of halogens is 1. The van der Waals surface area contributed by atoms with E-state index in [0.717, 1.165) is 28.7 Å². The molecule has 0 fully saturated rings. The van der Waals surface area contributed by atoms with E-state index < -0.39 is 0 Å². The third-order valence-electron chi connectivity index (χ3n) is 2.74. The SMILES string of the molecule is CC(C)Oc1cccc(NCCc2ccc(Cl)s2)c1N. The van der Waals surface area contributed by atoms with Gasteiger partial charge < -0.3 is 15.8 Å². The van der Waals surface area contributed by atoms with Crippen LogP contribution in [-0.4, -0.2) is 12.6 Å². The molecule has 2 aromatic rings. The molecule has 0 atom stereocenters. The van der Waals surface area contributed by atoms with Gasteiger partial charge in [0.25, 0.3) is 0 Å². The van der Waals surface area contributed by atoms with Gasteiger partial charge in [-0.05, 0) is 44.5 Å². The monoisotopic (exact) mass is 310 g/mol. The van der Waals surface area contributed by atoms with Crippen molar-refractivity contribution in [3.63, 3.8) is 0 Å². The number of nitrogens with one attached hydrogen (secondary N) is 1. The molecule has 0 spiro atoms. The lowest BCUT2D eigenvalue weighted by atomic mass is 10.2. The minimum Gasteiger partial charge on any atom is -0.489 e. The van der Waals surface area contributed by atoms with Crippen molar-refractivity contribution in [2.75, 3.05) is 17.6 Å². The Kier molecular flexibility index (Phi) is 5.15. The standard InChI is InChI=1S/C15H19ClN2OS/c1-10(2)19-13-5-3-4-12(15(13)17)18-9-8-11-6-7-14(16)20-11/h3-7,10,18H,8-9,17H2,1-2H3. The van der Waals surface area contributed by atoms with Crippen molar-refractivity contribution in [3.05, 3.63) is 39.5 Å². The van der Waals surface area contributed by atoms with Gasteiger partial charge in [-0.1, -0.05) is 17.7 Å². The van der Waals surface area contributed by atoms with Gasteiger partial charge in [-0.25, -0.2) is 0 Å². The van der Waals surface area contributed by atoms with E-state index >= 15 is 0 Å². The van der Waals surface area contributed by atoms with Gasteiger partial charge in [-0.3, -0.25) is 0 Å². The topological polar surface area (TPSA) is 47.3 Å². The second-order valence-corrected chi connectivity index (χ2v) is 6.57. The zero-order valence-electron chi connectivity index (χ0n) is 11.7. The fourth-order valence-corrected chi connectivity index (χ4v) is 2.95. The number of para-hydroxylation sites is 1. The molecule has 0 aliphatic carbocycles. The number of ether oxygens (including phenoxy) is 1. The quantitative estimate of drug-likeness (QED) is 0.776. The third-order valence-corrected chi connectivity index (χ3v) is 4.04. The first-order valence-electron chi connectivity index (χ1n) is 6.59. The number of rotatable bonds is 6. The highest BCUT2D eigenvalue weighted by atomic mass is 35.5. The first-order chi connectivity index (χ1) is 9.56. The first-order valence-corrected chi connectivity index (χ1v) is 7.79. The summed E-state index contributed by atoms with van der Waals surface area (Å²) in [5.74, 6) is 0.726. The lowest BCUT2D eigenvalue weighted by molar-refractivity contribution is 0.244. The van der Waals surface area contributed by atoms with Crippen LogP contribution in [0.2, 0.25) is 4.34 Å². The molecule has 0 saturated heterocycles. The highest BCUT2D eigenvalue weighted by Gasteiger charge is 2.07. The Labute approximate surface area is 128 Å². The zero-order chi connectivity index (χ0) is 14.5. The smallest absolute Gasteiger partial charge is 0.144 e. The van der Waals surface area contributed by atoms with Crippen LogP contribution in [0.25, 0.3) is 0 Å². The second-order valence-electron chi connectivity index (χ2n) is 4.77. The fourth-order valence-electron chi connectivity index (χ4n) is 1.86. The number of hydrogen-bond donors (Lipinski definition) is 2. The van der Waals surface area contributed by atoms with Crippen molar-refractivity contribution >= 4 is 34.3 Å². The number of nitrogen functional groups attached to an aromatic ring is 1. The van der Waals surface area contributed by atoms with Gasteiger partial charge in [-0.15, -0.1) is 11.3 Å². The van der Waals surface area contributed by atoms with E-state index in [-0.39, 0.29) is 6.10 Å². The Morgan fingerprint density at radius 3 is 2.75 bits per heavy atom. The second kappa shape index (κ2) is 6.86. The average Bonchev–Trinajstić information content (AvgIpc) is 2.79. The van der Waals surface area contributed by atoms with Crippen molar-refractivity contribution in [1.82, 2.24) is 0 Å². The zero-order valence-corrected chi connectivity index (χ0v) is 13.2. The van der Waals surface area contributed by atoms with E-state index in [0.29, 0.717) is 5.69 Å². The summed E-state index contributed by atoms with van der Waals surface area (Å²) in [6.45, 7) is 4.78. The summed E-state index contributed by atoms with van der Waals surface area (Å²) >= 11 is 7.52. The molecule has 0 aliphatic rings. The van der Waals surface area contributed by atoms with E-state index in [4.69, 9.17) is 22.1 Å². The minimum absolute atomic E-state index is 0.112. The molecule has 1 aromatic carbocycles.